The van der Waals surface area contributed by atoms with Crippen LogP contribution >= 0.6 is 23.2 Å². The fourth-order valence-electron chi connectivity index (χ4n) is 2.08. The molecule has 0 saturated carbocycles. The second-order valence-corrected chi connectivity index (χ2v) is 5.36. The largest absolute Gasteiger partial charge is 0.348 e. The maximum Gasteiger partial charge on any atom is 0.111 e. The van der Waals surface area contributed by atoms with E-state index in [9.17, 15) is 0 Å². The molecule has 0 aliphatic carbocycles. The van der Waals surface area contributed by atoms with Gasteiger partial charge in [-0.15, -0.1) is 0 Å². The molecule has 2 aromatic carbocycles. The van der Waals surface area contributed by atoms with Crippen LogP contribution in [0.3, 0.4) is 0 Å². The summed E-state index contributed by atoms with van der Waals surface area (Å²) in [5, 5.41) is 1.23. The first kappa shape index (κ1) is 13.2. The van der Waals surface area contributed by atoms with Crippen molar-refractivity contribution < 1.29 is 0 Å². The van der Waals surface area contributed by atoms with Crippen molar-refractivity contribution in [2.75, 3.05) is 0 Å². The highest BCUT2D eigenvalue weighted by molar-refractivity contribution is 6.36. The summed E-state index contributed by atoms with van der Waals surface area (Å²) in [6.45, 7) is 0. The molecule has 3 rings (SSSR count). The quantitative estimate of drug-likeness (QED) is 0.726. The van der Waals surface area contributed by atoms with Gasteiger partial charge in [-0.2, -0.15) is 0 Å². The monoisotopic (exact) mass is 302 g/mol. The average Bonchev–Trinajstić information content (AvgIpc) is 2.88. The number of nitrogens with one attached hydrogen (secondary N) is 1. The minimum atomic E-state index is 0.607. The Morgan fingerprint density at radius 1 is 1.00 bits per heavy atom. The van der Waals surface area contributed by atoms with Gasteiger partial charge in [-0.1, -0.05) is 53.5 Å². The average molecular weight is 303 g/mol. The van der Waals surface area contributed by atoms with Crippen molar-refractivity contribution in [1.82, 2.24) is 9.97 Å². The fraction of sp³-hybridized carbons (Fsp3) is 0.0625. The molecular formula is C16H12Cl2N2. The van der Waals surface area contributed by atoms with Gasteiger partial charge in [0, 0.05) is 23.2 Å². The van der Waals surface area contributed by atoms with Gasteiger partial charge < -0.3 is 4.98 Å². The van der Waals surface area contributed by atoms with Crippen LogP contribution in [0, 0.1) is 0 Å². The third-order valence-corrected chi connectivity index (χ3v) is 3.60. The predicted octanol–water partition coefficient (Wildman–Crippen LogP) is 4.97. The second kappa shape index (κ2) is 5.70. The summed E-state index contributed by atoms with van der Waals surface area (Å²) in [5.41, 5.74) is 2.93. The van der Waals surface area contributed by atoms with Gasteiger partial charge in [0.05, 0.1) is 10.7 Å². The summed E-state index contributed by atoms with van der Waals surface area (Å²) in [6.07, 6.45) is 2.64. The number of aromatic nitrogens is 2. The van der Waals surface area contributed by atoms with Gasteiger partial charge in [-0.25, -0.2) is 4.98 Å². The normalized spacial score (nSPS) is 10.7. The zero-order valence-corrected chi connectivity index (χ0v) is 12.1. The third kappa shape index (κ3) is 2.87. The van der Waals surface area contributed by atoms with Gasteiger partial charge in [-0.3, -0.25) is 0 Å². The summed E-state index contributed by atoms with van der Waals surface area (Å²) < 4.78 is 0. The SMILES string of the molecule is Clc1ccc(-c2c[nH]c(Cc3ccccc3)n2)c(Cl)c1. The molecule has 0 amide bonds. The van der Waals surface area contributed by atoms with Crippen molar-refractivity contribution in [3.05, 3.63) is 76.2 Å². The molecule has 0 fully saturated rings. The molecule has 3 aromatic rings. The first-order valence-electron chi connectivity index (χ1n) is 6.26. The highest BCUT2D eigenvalue weighted by atomic mass is 35.5. The smallest absolute Gasteiger partial charge is 0.111 e. The number of halogens is 2. The Labute approximate surface area is 127 Å². The fourth-order valence-corrected chi connectivity index (χ4v) is 2.58. The Bertz CT molecular complexity index is 720. The number of benzene rings is 2. The lowest BCUT2D eigenvalue weighted by molar-refractivity contribution is 1.03. The Morgan fingerprint density at radius 3 is 2.55 bits per heavy atom. The molecule has 0 atom stereocenters. The van der Waals surface area contributed by atoms with Crippen LogP contribution in [0.4, 0.5) is 0 Å². The van der Waals surface area contributed by atoms with Gasteiger partial charge in [0.1, 0.15) is 5.82 Å². The predicted molar refractivity (Wildman–Crippen MR) is 83.3 cm³/mol. The maximum atomic E-state index is 6.20. The lowest BCUT2D eigenvalue weighted by Crippen LogP contribution is -1.90. The molecule has 1 aromatic heterocycles. The molecule has 1 heterocycles. The van der Waals surface area contributed by atoms with Crippen molar-refractivity contribution in [1.29, 1.82) is 0 Å². The molecule has 0 spiro atoms. The van der Waals surface area contributed by atoms with Crippen molar-refractivity contribution in [3.63, 3.8) is 0 Å². The highest BCUT2D eigenvalue weighted by Gasteiger charge is 2.08. The van der Waals surface area contributed by atoms with Crippen LogP contribution in [0.2, 0.25) is 10.0 Å². The van der Waals surface area contributed by atoms with E-state index in [1.165, 1.54) is 5.56 Å². The molecule has 0 bridgehead atoms. The maximum absolute atomic E-state index is 6.20. The summed E-state index contributed by atoms with van der Waals surface area (Å²) in [6, 6.07) is 15.6. The number of imidazole rings is 1. The molecule has 1 N–H and O–H groups in total. The van der Waals surface area contributed by atoms with Crippen LogP contribution in [-0.2, 0) is 6.42 Å². The Balaban J connectivity index is 1.87. The Kier molecular flexibility index (Phi) is 3.77. The number of hydrogen-bond acceptors (Lipinski definition) is 1. The van der Waals surface area contributed by atoms with Gasteiger partial charge in [-0.05, 0) is 23.8 Å². The lowest BCUT2D eigenvalue weighted by atomic mass is 10.1. The highest BCUT2D eigenvalue weighted by Crippen LogP contribution is 2.29. The minimum absolute atomic E-state index is 0.607. The third-order valence-electron chi connectivity index (χ3n) is 3.05. The molecule has 0 aliphatic heterocycles. The molecule has 20 heavy (non-hydrogen) atoms. The number of H-pyrrole nitrogens is 1. The van der Waals surface area contributed by atoms with Crippen LogP contribution in [0.5, 0.6) is 0 Å². The summed E-state index contributed by atoms with van der Waals surface area (Å²) in [5.74, 6) is 0.914. The summed E-state index contributed by atoms with van der Waals surface area (Å²) in [4.78, 5) is 7.78. The summed E-state index contributed by atoms with van der Waals surface area (Å²) >= 11 is 12.1. The van der Waals surface area contributed by atoms with Crippen LogP contribution < -0.4 is 0 Å². The van der Waals surface area contributed by atoms with Crippen LogP contribution in [-0.4, -0.2) is 9.97 Å². The number of aromatic amines is 1. The number of nitrogens with zero attached hydrogens (tertiary/aromatic N) is 1. The second-order valence-electron chi connectivity index (χ2n) is 4.52. The van der Waals surface area contributed by atoms with Gasteiger partial charge in [0.25, 0.3) is 0 Å². The van der Waals surface area contributed by atoms with Crippen molar-refractivity contribution in [3.8, 4) is 11.3 Å². The van der Waals surface area contributed by atoms with Crippen LogP contribution in [0.15, 0.2) is 54.7 Å². The zero-order valence-electron chi connectivity index (χ0n) is 10.6. The first-order chi connectivity index (χ1) is 9.72. The first-order valence-corrected chi connectivity index (χ1v) is 7.01. The van der Waals surface area contributed by atoms with Gasteiger partial charge in [0.15, 0.2) is 0 Å². The van der Waals surface area contributed by atoms with Crippen molar-refractivity contribution in [2.45, 2.75) is 6.42 Å². The van der Waals surface area contributed by atoms with E-state index in [2.05, 4.69) is 22.1 Å². The van der Waals surface area contributed by atoms with E-state index in [1.54, 1.807) is 6.07 Å². The van der Waals surface area contributed by atoms with E-state index in [4.69, 9.17) is 23.2 Å². The van der Waals surface area contributed by atoms with Gasteiger partial charge >= 0.3 is 0 Å². The van der Waals surface area contributed by atoms with E-state index >= 15 is 0 Å². The molecule has 0 radical (unpaired) electrons. The van der Waals surface area contributed by atoms with Crippen LogP contribution in [0.25, 0.3) is 11.3 Å². The van der Waals surface area contributed by atoms with Crippen LogP contribution in [0.1, 0.15) is 11.4 Å². The molecule has 2 nitrogen and oxygen atoms in total. The number of rotatable bonds is 3. The molecule has 100 valence electrons. The van der Waals surface area contributed by atoms with Gasteiger partial charge in [0.2, 0.25) is 0 Å². The van der Waals surface area contributed by atoms with E-state index < -0.39 is 0 Å². The van der Waals surface area contributed by atoms with E-state index in [0.29, 0.717) is 10.0 Å². The lowest BCUT2D eigenvalue weighted by Gasteiger charge is -2.00. The van der Waals surface area contributed by atoms with E-state index in [-0.39, 0.29) is 0 Å². The standard InChI is InChI=1S/C16H12Cl2N2/c17-12-6-7-13(14(18)9-12)15-10-19-16(20-15)8-11-4-2-1-3-5-11/h1-7,9-10H,8H2,(H,19,20). The zero-order chi connectivity index (χ0) is 13.9. The Hall–Kier alpha value is -1.77. The number of hydrogen-bond donors (Lipinski definition) is 1. The molecule has 4 heteroatoms. The Morgan fingerprint density at radius 2 is 1.80 bits per heavy atom. The summed E-state index contributed by atoms with van der Waals surface area (Å²) in [7, 11) is 0. The topological polar surface area (TPSA) is 28.7 Å². The van der Waals surface area contributed by atoms with Crippen molar-refractivity contribution in [2.24, 2.45) is 0 Å². The molecule has 0 unspecified atom stereocenters. The molecule has 0 saturated heterocycles. The molecule has 0 aliphatic rings. The van der Waals surface area contributed by atoms with E-state index in [1.807, 2.05) is 36.5 Å². The molecular weight excluding hydrogens is 291 g/mol. The van der Waals surface area contributed by atoms with Crippen molar-refractivity contribution >= 4 is 23.2 Å². The minimum Gasteiger partial charge on any atom is -0.348 e. The van der Waals surface area contributed by atoms with E-state index in [0.717, 1.165) is 23.5 Å².